The van der Waals surface area contributed by atoms with Gasteiger partial charge in [0.25, 0.3) is 10.0 Å². The van der Waals surface area contributed by atoms with Gasteiger partial charge in [-0.05, 0) is 86.5 Å². The maximum atomic E-state index is 14.0. The lowest BCUT2D eigenvalue weighted by molar-refractivity contribution is -0.139. The zero-order valence-electron chi connectivity index (χ0n) is 23.3. The van der Waals surface area contributed by atoms with Crippen LogP contribution in [0.15, 0.2) is 82.2 Å². The molecule has 0 aliphatic heterocycles. The molecule has 0 aliphatic carbocycles. The molecular formula is C30H35BrClN3O5S. The van der Waals surface area contributed by atoms with Gasteiger partial charge in [0, 0.05) is 22.6 Å². The van der Waals surface area contributed by atoms with Crippen LogP contribution in [0.5, 0.6) is 5.75 Å². The van der Waals surface area contributed by atoms with Crippen LogP contribution in [-0.4, -0.2) is 50.9 Å². The van der Waals surface area contributed by atoms with Crippen LogP contribution in [0, 0.1) is 0 Å². The lowest BCUT2D eigenvalue weighted by Gasteiger charge is -2.32. The first-order chi connectivity index (χ1) is 19.6. The van der Waals surface area contributed by atoms with Crippen molar-refractivity contribution in [3.8, 4) is 5.75 Å². The van der Waals surface area contributed by atoms with E-state index in [4.69, 9.17) is 16.3 Å². The molecule has 1 N–H and O–H groups in total. The Morgan fingerprint density at radius 2 is 1.71 bits per heavy atom. The molecule has 0 spiro atoms. The molecule has 3 rings (SSSR count). The van der Waals surface area contributed by atoms with E-state index < -0.39 is 28.5 Å². The smallest absolute Gasteiger partial charge is 0.264 e. The molecule has 0 saturated heterocycles. The normalized spacial score (nSPS) is 11.9. The highest BCUT2D eigenvalue weighted by Crippen LogP contribution is 2.27. The van der Waals surface area contributed by atoms with Gasteiger partial charge in [-0.15, -0.1) is 0 Å². The van der Waals surface area contributed by atoms with E-state index in [1.54, 1.807) is 31.2 Å². The number of nitrogens with zero attached hydrogens (tertiary/aromatic N) is 2. The summed E-state index contributed by atoms with van der Waals surface area (Å²) in [4.78, 5) is 28.4. The van der Waals surface area contributed by atoms with Gasteiger partial charge in [0.15, 0.2) is 0 Å². The number of unbranched alkanes of at least 4 members (excludes halogenated alkanes) is 1. The van der Waals surface area contributed by atoms with Crippen LogP contribution in [-0.2, 0) is 26.2 Å². The van der Waals surface area contributed by atoms with E-state index in [0.29, 0.717) is 23.9 Å². The van der Waals surface area contributed by atoms with Crippen LogP contribution in [0.4, 0.5) is 5.69 Å². The van der Waals surface area contributed by atoms with E-state index >= 15 is 0 Å². The first-order valence-electron chi connectivity index (χ1n) is 13.4. The monoisotopic (exact) mass is 663 g/mol. The Bertz CT molecular complexity index is 1420. The molecule has 2 amide bonds. The minimum absolute atomic E-state index is 0.0209. The first kappa shape index (κ1) is 32.4. The van der Waals surface area contributed by atoms with Crippen LogP contribution in [0.3, 0.4) is 0 Å². The van der Waals surface area contributed by atoms with E-state index in [0.717, 1.165) is 27.2 Å². The minimum Gasteiger partial charge on any atom is -0.494 e. The van der Waals surface area contributed by atoms with Crippen molar-refractivity contribution in [3.05, 3.63) is 87.9 Å². The second-order valence-corrected chi connectivity index (χ2v) is 12.6. The standard InChI is InChI=1S/C30H35BrClN3O5S/c1-4-6-18-33-30(37)22(3)34(20-23-8-7-9-24(31)19-23)29(36)21-35(26-12-14-27(15-13-26)40-5-2)41(38,39)28-16-10-25(32)11-17-28/h7-17,19,22H,4-6,18,20-21H2,1-3H3,(H,33,37)/t22-/m1/s1. The zero-order valence-corrected chi connectivity index (χ0v) is 26.5. The van der Waals surface area contributed by atoms with Gasteiger partial charge in [0.05, 0.1) is 17.2 Å². The Kier molecular flexibility index (Phi) is 12.1. The highest BCUT2D eigenvalue weighted by molar-refractivity contribution is 9.10. The predicted molar refractivity (Wildman–Crippen MR) is 166 cm³/mol. The number of carbonyl (C=O) groups is 2. The van der Waals surface area contributed by atoms with Crippen molar-refractivity contribution in [1.82, 2.24) is 10.2 Å². The van der Waals surface area contributed by atoms with E-state index in [1.807, 2.05) is 38.1 Å². The van der Waals surface area contributed by atoms with Gasteiger partial charge in [-0.25, -0.2) is 8.42 Å². The zero-order chi connectivity index (χ0) is 30.0. The van der Waals surface area contributed by atoms with E-state index in [1.165, 1.54) is 29.2 Å². The van der Waals surface area contributed by atoms with Crippen molar-refractivity contribution in [3.63, 3.8) is 0 Å². The summed E-state index contributed by atoms with van der Waals surface area (Å²) in [7, 11) is -4.19. The molecule has 11 heteroatoms. The molecule has 8 nitrogen and oxygen atoms in total. The Balaban J connectivity index is 2.00. The minimum atomic E-state index is -4.19. The van der Waals surface area contributed by atoms with Crippen molar-refractivity contribution in [2.24, 2.45) is 0 Å². The maximum Gasteiger partial charge on any atom is 0.264 e. The van der Waals surface area contributed by atoms with Crippen LogP contribution >= 0.6 is 27.5 Å². The first-order valence-corrected chi connectivity index (χ1v) is 16.0. The number of halogens is 2. The Morgan fingerprint density at radius 3 is 2.32 bits per heavy atom. The third-order valence-corrected chi connectivity index (χ3v) is 8.89. The van der Waals surface area contributed by atoms with Gasteiger partial charge in [0.2, 0.25) is 11.8 Å². The van der Waals surface area contributed by atoms with Gasteiger partial charge in [-0.3, -0.25) is 13.9 Å². The lowest BCUT2D eigenvalue weighted by Crippen LogP contribution is -2.51. The number of rotatable bonds is 14. The van der Waals surface area contributed by atoms with Crippen LogP contribution in [0.25, 0.3) is 0 Å². The summed E-state index contributed by atoms with van der Waals surface area (Å²) >= 11 is 9.46. The number of nitrogens with one attached hydrogen (secondary N) is 1. The molecule has 0 fully saturated rings. The molecule has 3 aromatic rings. The van der Waals surface area contributed by atoms with E-state index in [9.17, 15) is 18.0 Å². The number of anilines is 1. The molecule has 0 saturated carbocycles. The summed E-state index contributed by atoms with van der Waals surface area (Å²) in [6, 6.07) is 18.8. The molecule has 41 heavy (non-hydrogen) atoms. The van der Waals surface area contributed by atoms with Crippen molar-refractivity contribution in [1.29, 1.82) is 0 Å². The predicted octanol–water partition coefficient (Wildman–Crippen LogP) is 6.03. The fraction of sp³-hybridized carbons (Fsp3) is 0.333. The van der Waals surface area contributed by atoms with Crippen LogP contribution in [0.2, 0.25) is 5.02 Å². The summed E-state index contributed by atoms with van der Waals surface area (Å²) in [5.74, 6) is -0.274. The number of ether oxygens (including phenoxy) is 1. The maximum absolute atomic E-state index is 14.0. The Hall–Kier alpha value is -3.08. The van der Waals surface area contributed by atoms with Gasteiger partial charge < -0.3 is 15.0 Å². The number of amides is 2. The number of carbonyl (C=O) groups excluding carboxylic acids is 2. The summed E-state index contributed by atoms with van der Waals surface area (Å²) in [5.41, 5.74) is 1.06. The van der Waals surface area contributed by atoms with Gasteiger partial charge in [0.1, 0.15) is 18.3 Å². The molecule has 1 atom stereocenters. The van der Waals surface area contributed by atoms with Gasteiger partial charge >= 0.3 is 0 Å². The second-order valence-electron chi connectivity index (χ2n) is 9.36. The molecular weight excluding hydrogens is 630 g/mol. The Labute approximate surface area is 255 Å². The SMILES string of the molecule is CCCCNC(=O)[C@@H](C)N(Cc1cccc(Br)c1)C(=O)CN(c1ccc(OCC)cc1)S(=O)(=O)c1ccc(Cl)cc1. The Morgan fingerprint density at radius 1 is 1.02 bits per heavy atom. The highest BCUT2D eigenvalue weighted by Gasteiger charge is 2.32. The summed E-state index contributed by atoms with van der Waals surface area (Å²) in [6.45, 7) is 6.04. The molecule has 0 aliphatic rings. The van der Waals surface area contributed by atoms with E-state index in [2.05, 4.69) is 21.2 Å². The number of hydrogen-bond donors (Lipinski definition) is 1. The average Bonchev–Trinajstić information content (AvgIpc) is 2.95. The topological polar surface area (TPSA) is 96.0 Å². The molecule has 0 heterocycles. The van der Waals surface area contributed by atoms with E-state index in [-0.39, 0.29) is 23.0 Å². The van der Waals surface area contributed by atoms with Crippen LogP contribution < -0.4 is 14.4 Å². The van der Waals surface area contributed by atoms with Gasteiger partial charge in [-0.2, -0.15) is 0 Å². The quantitative estimate of drug-likeness (QED) is 0.213. The largest absolute Gasteiger partial charge is 0.494 e. The second kappa shape index (κ2) is 15.2. The molecule has 0 aromatic heterocycles. The molecule has 0 bridgehead atoms. The average molecular weight is 665 g/mol. The molecule has 3 aromatic carbocycles. The van der Waals surface area contributed by atoms with Crippen molar-refractivity contribution < 1.29 is 22.7 Å². The number of hydrogen-bond acceptors (Lipinski definition) is 5. The highest BCUT2D eigenvalue weighted by atomic mass is 79.9. The summed E-state index contributed by atoms with van der Waals surface area (Å²) in [5, 5.41) is 3.27. The molecule has 0 unspecified atom stereocenters. The third kappa shape index (κ3) is 8.95. The van der Waals surface area contributed by atoms with Crippen molar-refractivity contribution in [2.45, 2.75) is 51.1 Å². The van der Waals surface area contributed by atoms with Crippen molar-refractivity contribution in [2.75, 3.05) is 24.0 Å². The van der Waals surface area contributed by atoms with Gasteiger partial charge in [-0.1, -0.05) is 53.0 Å². The summed E-state index contributed by atoms with van der Waals surface area (Å²) in [6.07, 6.45) is 1.72. The fourth-order valence-corrected chi connectivity index (χ4v) is 6.08. The fourth-order valence-electron chi connectivity index (χ4n) is 4.09. The third-order valence-electron chi connectivity index (χ3n) is 6.36. The van der Waals surface area contributed by atoms with Crippen LogP contribution in [0.1, 0.15) is 39.2 Å². The molecule has 220 valence electrons. The summed E-state index contributed by atoms with van der Waals surface area (Å²) < 4.78 is 35.2. The van der Waals surface area contributed by atoms with Crippen molar-refractivity contribution >= 4 is 55.1 Å². The number of benzene rings is 3. The number of sulfonamides is 1. The molecule has 0 radical (unpaired) electrons. The lowest BCUT2D eigenvalue weighted by atomic mass is 10.1.